The van der Waals surface area contributed by atoms with Crippen LogP contribution in [0.25, 0.3) is 5.70 Å². The SMILES string of the molecule is C=N/C(N)=C(\N=C(/C)c1ccc(S(=O)(=O)C(C)C)cc1)c1nnc(N2CCNCC2)o1. The number of nitrogens with two attached hydrogens (primary N) is 1. The Morgan fingerprint density at radius 3 is 2.45 bits per heavy atom. The molecule has 31 heavy (non-hydrogen) atoms. The summed E-state index contributed by atoms with van der Waals surface area (Å²) in [4.78, 5) is 10.5. The minimum atomic E-state index is -3.35. The summed E-state index contributed by atoms with van der Waals surface area (Å²) in [5.41, 5.74) is 7.50. The van der Waals surface area contributed by atoms with E-state index in [0.717, 1.165) is 31.7 Å². The zero-order valence-electron chi connectivity index (χ0n) is 17.9. The molecular weight excluding hydrogens is 418 g/mol. The summed E-state index contributed by atoms with van der Waals surface area (Å²) in [6.07, 6.45) is 0. The van der Waals surface area contributed by atoms with Crippen molar-refractivity contribution in [3.63, 3.8) is 0 Å². The molecule has 3 rings (SSSR count). The second-order valence-corrected chi connectivity index (χ2v) is 9.84. The summed E-state index contributed by atoms with van der Waals surface area (Å²) in [5, 5.41) is 11.0. The van der Waals surface area contributed by atoms with Gasteiger partial charge in [-0.15, -0.1) is 5.10 Å². The Morgan fingerprint density at radius 2 is 1.87 bits per heavy atom. The molecular formula is C20H27N7O3S. The van der Waals surface area contributed by atoms with Crippen molar-refractivity contribution in [1.82, 2.24) is 15.5 Å². The van der Waals surface area contributed by atoms with E-state index in [-0.39, 0.29) is 22.3 Å². The third-order valence-electron chi connectivity index (χ3n) is 4.92. The van der Waals surface area contributed by atoms with E-state index in [0.29, 0.717) is 11.7 Å². The molecule has 166 valence electrons. The number of aromatic nitrogens is 2. The number of sulfone groups is 1. The molecule has 1 aliphatic heterocycles. The van der Waals surface area contributed by atoms with Gasteiger partial charge in [-0.1, -0.05) is 17.2 Å². The van der Waals surface area contributed by atoms with Gasteiger partial charge in [0.05, 0.1) is 10.1 Å². The Balaban J connectivity index is 1.91. The number of nitrogens with zero attached hydrogens (tertiary/aromatic N) is 5. The van der Waals surface area contributed by atoms with Crippen LogP contribution >= 0.6 is 0 Å². The van der Waals surface area contributed by atoms with Crippen molar-refractivity contribution in [2.45, 2.75) is 30.9 Å². The lowest BCUT2D eigenvalue weighted by Crippen LogP contribution is -2.43. The fourth-order valence-corrected chi connectivity index (χ4v) is 4.03. The maximum atomic E-state index is 12.3. The zero-order chi connectivity index (χ0) is 22.6. The fourth-order valence-electron chi connectivity index (χ4n) is 2.97. The Kier molecular flexibility index (Phi) is 6.86. The van der Waals surface area contributed by atoms with Crippen LogP contribution in [0.15, 0.2) is 49.4 Å². The number of rotatable bonds is 7. The molecule has 0 saturated carbocycles. The van der Waals surface area contributed by atoms with E-state index in [1.54, 1.807) is 45.0 Å². The normalized spacial score (nSPS) is 16.4. The van der Waals surface area contributed by atoms with E-state index >= 15 is 0 Å². The standard InChI is InChI=1S/C20H27N7O3S/c1-13(2)31(28,29)16-7-5-15(6-8-16)14(3)24-17(18(21)22-4)19-25-26-20(30-19)27-11-9-23-10-12-27/h5-8,13,23H,4,9-12,21H2,1-3H3/b18-17-,24-14+. The molecule has 0 unspecified atom stereocenters. The van der Waals surface area contributed by atoms with E-state index in [2.05, 4.69) is 32.2 Å². The molecule has 1 saturated heterocycles. The highest BCUT2D eigenvalue weighted by Gasteiger charge is 2.21. The van der Waals surface area contributed by atoms with Gasteiger partial charge in [0.15, 0.2) is 21.4 Å². The number of aliphatic imine (C=N–C) groups is 2. The van der Waals surface area contributed by atoms with Gasteiger partial charge in [0.25, 0.3) is 5.89 Å². The maximum absolute atomic E-state index is 12.3. The van der Waals surface area contributed by atoms with E-state index in [9.17, 15) is 8.42 Å². The lowest BCUT2D eigenvalue weighted by Gasteiger charge is -2.24. The molecule has 2 heterocycles. The van der Waals surface area contributed by atoms with Gasteiger partial charge in [-0.25, -0.2) is 18.4 Å². The minimum absolute atomic E-state index is 0.0499. The summed E-state index contributed by atoms with van der Waals surface area (Å²) >= 11 is 0. The highest BCUT2D eigenvalue weighted by molar-refractivity contribution is 7.92. The Morgan fingerprint density at radius 1 is 1.23 bits per heavy atom. The van der Waals surface area contributed by atoms with E-state index in [1.165, 1.54) is 0 Å². The molecule has 1 aliphatic rings. The third-order valence-corrected chi connectivity index (χ3v) is 7.09. The van der Waals surface area contributed by atoms with Crippen molar-refractivity contribution in [2.75, 3.05) is 31.1 Å². The summed E-state index contributed by atoms with van der Waals surface area (Å²) < 4.78 is 30.5. The molecule has 3 N–H and O–H groups in total. The van der Waals surface area contributed by atoms with Gasteiger partial charge in [-0.3, -0.25) is 0 Å². The van der Waals surface area contributed by atoms with Gasteiger partial charge in [0.2, 0.25) is 0 Å². The van der Waals surface area contributed by atoms with E-state index in [1.807, 2.05) is 4.90 Å². The van der Waals surface area contributed by atoms with Crippen molar-refractivity contribution in [3.8, 4) is 0 Å². The lowest BCUT2D eigenvalue weighted by molar-refractivity contribution is 0.490. The fraction of sp³-hybridized carbons (Fsp3) is 0.400. The first-order chi connectivity index (χ1) is 14.7. The van der Waals surface area contributed by atoms with Gasteiger partial charge in [0.1, 0.15) is 0 Å². The summed E-state index contributed by atoms with van der Waals surface area (Å²) in [6.45, 7) is 11.7. The first-order valence-electron chi connectivity index (χ1n) is 9.89. The largest absolute Gasteiger partial charge is 0.401 e. The van der Waals surface area contributed by atoms with Crippen molar-refractivity contribution >= 4 is 34.0 Å². The molecule has 0 spiro atoms. The van der Waals surface area contributed by atoms with Crippen LogP contribution in [0.5, 0.6) is 0 Å². The zero-order valence-corrected chi connectivity index (χ0v) is 18.7. The van der Waals surface area contributed by atoms with Gasteiger partial charge in [-0.2, -0.15) is 0 Å². The molecule has 0 amide bonds. The predicted molar refractivity (Wildman–Crippen MR) is 121 cm³/mol. The van der Waals surface area contributed by atoms with E-state index in [4.69, 9.17) is 10.2 Å². The van der Waals surface area contributed by atoms with E-state index < -0.39 is 15.1 Å². The van der Waals surface area contributed by atoms with Crippen molar-refractivity contribution in [3.05, 3.63) is 41.5 Å². The topological polar surface area (TPSA) is 139 Å². The first-order valence-corrected chi connectivity index (χ1v) is 11.4. The van der Waals surface area contributed by atoms with Crippen LogP contribution in [0.3, 0.4) is 0 Å². The number of anilines is 1. The molecule has 0 aliphatic carbocycles. The minimum Gasteiger partial charge on any atom is -0.401 e. The quantitative estimate of drug-likeness (QED) is 0.611. The Hall–Kier alpha value is -3.05. The molecule has 0 radical (unpaired) electrons. The molecule has 1 aromatic carbocycles. The van der Waals surface area contributed by atoms with Gasteiger partial charge >= 0.3 is 6.01 Å². The van der Waals surface area contributed by atoms with Crippen LogP contribution in [-0.4, -0.2) is 62.5 Å². The summed E-state index contributed by atoms with van der Waals surface area (Å²) in [5.74, 6) is 0.186. The van der Waals surface area contributed by atoms with Crippen LogP contribution in [0.2, 0.25) is 0 Å². The van der Waals surface area contributed by atoms with Crippen LogP contribution in [0.1, 0.15) is 32.2 Å². The molecule has 0 bridgehead atoms. The number of benzene rings is 1. The summed E-state index contributed by atoms with van der Waals surface area (Å²) in [6, 6.07) is 6.92. The average Bonchev–Trinajstić information content (AvgIpc) is 3.27. The maximum Gasteiger partial charge on any atom is 0.318 e. The molecule has 11 heteroatoms. The number of nitrogens with one attached hydrogen (secondary N) is 1. The molecule has 1 fully saturated rings. The predicted octanol–water partition coefficient (Wildman–Crippen LogP) is 1.46. The Bertz CT molecular complexity index is 1100. The highest BCUT2D eigenvalue weighted by atomic mass is 32.2. The highest BCUT2D eigenvalue weighted by Crippen LogP contribution is 2.23. The average molecular weight is 446 g/mol. The number of hydrogen-bond donors (Lipinski definition) is 2. The monoisotopic (exact) mass is 445 g/mol. The lowest BCUT2D eigenvalue weighted by atomic mass is 10.1. The molecule has 10 nitrogen and oxygen atoms in total. The van der Waals surface area contributed by atoms with Crippen molar-refractivity contribution < 1.29 is 12.8 Å². The van der Waals surface area contributed by atoms with Gasteiger partial charge < -0.3 is 20.4 Å². The smallest absolute Gasteiger partial charge is 0.318 e. The number of hydrogen-bond acceptors (Lipinski definition) is 10. The van der Waals surface area contributed by atoms with Crippen LogP contribution < -0.4 is 16.0 Å². The van der Waals surface area contributed by atoms with Crippen molar-refractivity contribution in [2.24, 2.45) is 15.7 Å². The Labute approximate surface area is 181 Å². The number of piperazine rings is 1. The van der Waals surface area contributed by atoms with Crippen molar-refractivity contribution in [1.29, 1.82) is 0 Å². The molecule has 2 aromatic rings. The summed E-state index contributed by atoms with van der Waals surface area (Å²) in [7, 11) is -3.35. The third kappa shape index (κ3) is 5.00. The van der Waals surface area contributed by atoms with Gasteiger partial charge in [-0.05, 0) is 45.2 Å². The van der Waals surface area contributed by atoms with Crippen LogP contribution in [0, 0.1) is 0 Å². The second kappa shape index (κ2) is 9.40. The molecule has 0 atom stereocenters. The van der Waals surface area contributed by atoms with Crippen LogP contribution in [0.4, 0.5) is 6.01 Å². The first kappa shape index (κ1) is 22.6. The second-order valence-electron chi connectivity index (χ2n) is 7.33. The van der Waals surface area contributed by atoms with Crippen LogP contribution in [-0.2, 0) is 9.84 Å². The van der Waals surface area contributed by atoms with Gasteiger partial charge in [0, 0.05) is 31.9 Å². The molecule has 1 aromatic heterocycles.